The largest absolute Gasteiger partial charge is 0.384 e. The van der Waals surface area contributed by atoms with E-state index in [-0.39, 0.29) is 0 Å². The molecule has 3 rings (SSSR count). The number of aromatic nitrogens is 2. The van der Waals surface area contributed by atoms with Gasteiger partial charge < -0.3 is 10.6 Å². The molecule has 5 heteroatoms. The van der Waals surface area contributed by atoms with Crippen LogP contribution in [0, 0.1) is 0 Å². The lowest BCUT2D eigenvalue weighted by atomic mass is 10.3. The van der Waals surface area contributed by atoms with Crippen LogP contribution in [-0.2, 0) is 0 Å². The first kappa shape index (κ1) is 10.2. The molecule has 1 saturated carbocycles. The van der Waals surface area contributed by atoms with Gasteiger partial charge in [-0.1, -0.05) is 0 Å². The van der Waals surface area contributed by atoms with Crippen LogP contribution in [0.1, 0.15) is 24.6 Å². The number of rotatable bonds is 2. The van der Waals surface area contributed by atoms with E-state index < -0.39 is 0 Å². The van der Waals surface area contributed by atoms with E-state index in [1.165, 1.54) is 24.3 Å². The summed E-state index contributed by atoms with van der Waals surface area (Å²) in [7, 11) is 0. The van der Waals surface area contributed by atoms with Crippen molar-refractivity contribution in [2.75, 3.05) is 35.2 Å². The Morgan fingerprint density at radius 2 is 2.00 bits per heavy atom. The molecule has 0 aromatic carbocycles. The fourth-order valence-corrected chi connectivity index (χ4v) is 2.85. The van der Waals surface area contributed by atoms with Crippen molar-refractivity contribution in [2.24, 2.45) is 0 Å². The highest BCUT2D eigenvalue weighted by Crippen LogP contribution is 2.39. The number of nitrogen functional groups attached to an aromatic ring is 1. The Kier molecular flexibility index (Phi) is 2.63. The summed E-state index contributed by atoms with van der Waals surface area (Å²) < 4.78 is 0. The van der Waals surface area contributed by atoms with Crippen LogP contribution >= 0.6 is 11.8 Å². The van der Waals surface area contributed by atoms with E-state index in [0.717, 1.165) is 24.7 Å². The van der Waals surface area contributed by atoms with Crippen molar-refractivity contribution in [2.45, 2.75) is 18.8 Å². The third-order valence-electron chi connectivity index (χ3n) is 3.03. The summed E-state index contributed by atoms with van der Waals surface area (Å²) in [4.78, 5) is 11.3. The van der Waals surface area contributed by atoms with Gasteiger partial charge in [0.05, 0.1) is 0 Å². The molecule has 0 atom stereocenters. The van der Waals surface area contributed by atoms with Gasteiger partial charge in [-0.15, -0.1) is 0 Å². The Bertz CT molecular complexity index is 386. The van der Waals surface area contributed by atoms with Crippen LogP contribution in [0.5, 0.6) is 0 Å². The Hall–Kier alpha value is -0.970. The summed E-state index contributed by atoms with van der Waals surface area (Å²) >= 11 is 2.00. The van der Waals surface area contributed by atoms with Crippen molar-refractivity contribution in [1.82, 2.24) is 9.97 Å². The third-order valence-corrected chi connectivity index (χ3v) is 3.97. The molecule has 0 spiro atoms. The molecular weight excluding hydrogens is 220 g/mol. The highest BCUT2D eigenvalue weighted by molar-refractivity contribution is 7.99. The summed E-state index contributed by atoms with van der Waals surface area (Å²) in [6.45, 7) is 2.15. The van der Waals surface area contributed by atoms with Crippen molar-refractivity contribution in [3.63, 3.8) is 0 Å². The van der Waals surface area contributed by atoms with Gasteiger partial charge in [0.2, 0.25) is 0 Å². The van der Waals surface area contributed by atoms with Gasteiger partial charge in [-0.2, -0.15) is 11.8 Å². The molecule has 16 heavy (non-hydrogen) atoms. The van der Waals surface area contributed by atoms with Crippen LogP contribution in [0.3, 0.4) is 0 Å². The molecule has 1 saturated heterocycles. The first-order chi connectivity index (χ1) is 7.83. The molecule has 1 aliphatic carbocycles. The first-order valence-electron chi connectivity index (χ1n) is 5.80. The molecule has 2 fully saturated rings. The molecule has 86 valence electrons. The molecule has 2 aliphatic rings. The van der Waals surface area contributed by atoms with Crippen molar-refractivity contribution in [1.29, 1.82) is 0 Å². The van der Waals surface area contributed by atoms with Gasteiger partial charge in [0.25, 0.3) is 0 Å². The lowest BCUT2D eigenvalue weighted by molar-refractivity contribution is 0.817. The predicted molar refractivity (Wildman–Crippen MR) is 68.0 cm³/mol. The molecule has 1 aromatic heterocycles. The Balaban J connectivity index is 1.86. The van der Waals surface area contributed by atoms with E-state index in [4.69, 9.17) is 5.73 Å². The minimum atomic E-state index is 0.571. The second kappa shape index (κ2) is 4.13. The van der Waals surface area contributed by atoms with Gasteiger partial charge in [-0.05, 0) is 12.8 Å². The second-order valence-electron chi connectivity index (χ2n) is 4.38. The monoisotopic (exact) mass is 236 g/mol. The molecule has 4 nitrogen and oxygen atoms in total. The Morgan fingerprint density at radius 1 is 1.25 bits per heavy atom. The van der Waals surface area contributed by atoms with Gasteiger partial charge in [0, 0.05) is 36.6 Å². The fourth-order valence-electron chi connectivity index (χ4n) is 1.95. The average Bonchev–Trinajstić information content (AvgIpc) is 3.13. The normalized spacial score (nSPS) is 21.1. The van der Waals surface area contributed by atoms with Crippen molar-refractivity contribution in [3.05, 3.63) is 11.9 Å². The molecule has 0 amide bonds. The van der Waals surface area contributed by atoms with E-state index in [1.807, 2.05) is 17.8 Å². The van der Waals surface area contributed by atoms with Crippen LogP contribution in [0.4, 0.5) is 11.6 Å². The smallest absolute Gasteiger partial charge is 0.136 e. The summed E-state index contributed by atoms with van der Waals surface area (Å²) in [5.74, 6) is 5.53. The van der Waals surface area contributed by atoms with Crippen LogP contribution in [0.25, 0.3) is 0 Å². The number of nitrogens with two attached hydrogens (primary N) is 1. The summed E-state index contributed by atoms with van der Waals surface area (Å²) in [6.07, 6.45) is 2.44. The lowest BCUT2D eigenvalue weighted by Gasteiger charge is -2.27. The zero-order valence-electron chi connectivity index (χ0n) is 9.22. The van der Waals surface area contributed by atoms with Crippen LogP contribution in [0.15, 0.2) is 6.07 Å². The molecule has 2 N–H and O–H groups in total. The molecule has 0 bridgehead atoms. The number of thioether (sulfide) groups is 1. The fraction of sp³-hybridized carbons (Fsp3) is 0.636. The van der Waals surface area contributed by atoms with E-state index in [2.05, 4.69) is 14.9 Å². The van der Waals surface area contributed by atoms with Crippen LogP contribution in [0.2, 0.25) is 0 Å². The van der Waals surface area contributed by atoms with E-state index >= 15 is 0 Å². The van der Waals surface area contributed by atoms with Gasteiger partial charge in [0.1, 0.15) is 17.5 Å². The molecule has 0 unspecified atom stereocenters. The van der Waals surface area contributed by atoms with Gasteiger partial charge in [0.15, 0.2) is 0 Å². The maximum Gasteiger partial charge on any atom is 0.136 e. The van der Waals surface area contributed by atoms with Crippen LogP contribution < -0.4 is 10.6 Å². The van der Waals surface area contributed by atoms with Gasteiger partial charge in [-0.3, -0.25) is 0 Å². The summed E-state index contributed by atoms with van der Waals surface area (Å²) in [5.41, 5.74) is 5.85. The second-order valence-corrected chi connectivity index (χ2v) is 5.61. The number of hydrogen-bond donors (Lipinski definition) is 1. The maximum absolute atomic E-state index is 5.85. The number of hydrogen-bond acceptors (Lipinski definition) is 5. The Morgan fingerprint density at radius 3 is 2.69 bits per heavy atom. The maximum atomic E-state index is 5.85. The SMILES string of the molecule is Nc1cc(N2CCSCC2)nc(C2CC2)n1. The predicted octanol–water partition coefficient (Wildman–Crippen LogP) is 1.49. The first-order valence-corrected chi connectivity index (χ1v) is 6.95. The van der Waals surface area contributed by atoms with Gasteiger partial charge in [-0.25, -0.2) is 9.97 Å². The molecule has 0 radical (unpaired) electrons. The molecule has 1 aromatic rings. The Labute approximate surface area is 99.6 Å². The van der Waals surface area contributed by atoms with Crippen LogP contribution in [-0.4, -0.2) is 34.6 Å². The average molecular weight is 236 g/mol. The van der Waals surface area contributed by atoms with Crippen molar-refractivity contribution in [3.8, 4) is 0 Å². The van der Waals surface area contributed by atoms with Crippen molar-refractivity contribution >= 4 is 23.4 Å². The third kappa shape index (κ3) is 2.09. The topological polar surface area (TPSA) is 55.0 Å². The minimum Gasteiger partial charge on any atom is -0.384 e. The molecule has 2 heterocycles. The quantitative estimate of drug-likeness (QED) is 0.843. The van der Waals surface area contributed by atoms with Gasteiger partial charge >= 0.3 is 0 Å². The number of anilines is 2. The minimum absolute atomic E-state index is 0.571. The zero-order valence-corrected chi connectivity index (χ0v) is 10.0. The molecular formula is C11H16N4S. The van der Waals surface area contributed by atoms with E-state index in [9.17, 15) is 0 Å². The summed E-state index contributed by atoms with van der Waals surface area (Å²) in [6, 6.07) is 1.90. The highest BCUT2D eigenvalue weighted by Gasteiger charge is 2.27. The zero-order chi connectivity index (χ0) is 11.0. The molecule has 1 aliphatic heterocycles. The van der Waals surface area contributed by atoms with Crippen molar-refractivity contribution < 1.29 is 0 Å². The van der Waals surface area contributed by atoms with E-state index in [0.29, 0.717) is 11.7 Å². The summed E-state index contributed by atoms with van der Waals surface area (Å²) in [5, 5.41) is 0. The standard InChI is InChI=1S/C11H16N4S/c12-9-7-10(15-3-5-16-6-4-15)14-11(13-9)8-1-2-8/h7-8H,1-6H2,(H2,12,13,14). The number of nitrogens with zero attached hydrogens (tertiary/aromatic N) is 3. The lowest BCUT2D eigenvalue weighted by Crippen LogP contribution is -2.33. The van der Waals surface area contributed by atoms with E-state index in [1.54, 1.807) is 0 Å². The highest BCUT2D eigenvalue weighted by atomic mass is 32.2.